The smallest absolute Gasteiger partial charge is 0.545 e. The Morgan fingerprint density at radius 2 is 1.80 bits per heavy atom. The minimum Gasteiger partial charge on any atom is -0.545 e. The molecule has 0 saturated heterocycles. The SMILES string of the molecule is O=C([O-])c1ccc(Cl)c(Cl)c1C(=O)O.[Na+]. The Hall–Kier alpha value is -0.260. The van der Waals surface area contributed by atoms with Crippen molar-refractivity contribution in [3.63, 3.8) is 0 Å². The van der Waals surface area contributed by atoms with Crippen LogP contribution in [0.2, 0.25) is 10.0 Å². The van der Waals surface area contributed by atoms with Gasteiger partial charge in [-0.1, -0.05) is 29.3 Å². The van der Waals surface area contributed by atoms with Crippen molar-refractivity contribution in [2.45, 2.75) is 0 Å². The number of rotatable bonds is 2. The number of carboxylic acid groups (broad SMARTS) is 2. The van der Waals surface area contributed by atoms with Crippen LogP contribution >= 0.6 is 23.2 Å². The standard InChI is InChI=1S/C8H4Cl2O4.Na/c9-4-2-1-3(7(11)12)5(6(4)10)8(13)14;/h1-2H,(H,11,12)(H,13,14);/q;+1/p-1. The minimum absolute atomic E-state index is 0. The zero-order valence-electron chi connectivity index (χ0n) is 7.58. The fourth-order valence-corrected chi connectivity index (χ4v) is 1.33. The van der Waals surface area contributed by atoms with Gasteiger partial charge >= 0.3 is 35.5 Å². The fraction of sp³-hybridized carbons (Fsp3) is 0. The Kier molecular flexibility index (Phi) is 5.62. The Morgan fingerprint density at radius 1 is 1.27 bits per heavy atom. The first-order valence-corrected chi connectivity index (χ1v) is 4.13. The van der Waals surface area contributed by atoms with Crippen LogP contribution in [0.3, 0.4) is 0 Å². The van der Waals surface area contributed by atoms with Crippen molar-refractivity contribution in [1.82, 2.24) is 0 Å². The Bertz CT molecular complexity index is 419. The van der Waals surface area contributed by atoms with Crippen LogP contribution in [0.5, 0.6) is 0 Å². The average Bonchev–Trinajstić information content (AvgIpc) is 2.08. The van der Waals surface area contributed by atoms with E-state index in [4.69, 9.17) is 28.3 Å². The van der Waals surface area contributed by atoms with Gasteiger partial charge in [-0.25, -0.2) is 4.79 Å². The molecule has 0 heterocycles. The first kappa shape index (κ1) is 14.7. The maximum absolute atomic E-state index is 10.7. The molecule has 0 aromatic heterocycles. The molecule has 4 nitrogen and oxygen atoms in total. The van der Waals surface area contributed by atoms with Gasteiger partial charge in [0.05, 0.1) is 21.6 Å². The van der Waals surface area contributed by atoms with Crippen molar-refractivity contribution in [3.05, 3.63) is 33.3 Å². The molecule has 0 saturated carbocycles. The first-order valence-electron chi connectivity index (χ1n) is 3.37. The third kappa shape index (κ3) is 3.09. The average molecular weight is 257 g/mol. The van der Waals surface area contributed by atoms with Gasteiger partial charge in [0.1, 0.15) is 0 Å². The van der Waals surface area contributed by atoms with Gasteiger partial charge in [-0.3, -0.25) is 0 Å². The molecule has 1 aromatic rings. The monoisotopic (exact) mass is 256 g/mol. The van der Waals surface area contributed by atoms with E-state index in [1.54, 1.807) is 0 Å². The van der Waals surface area contributed by atoms with Gasteiger partial charge in [0.2, 0.25) is 0 Å². The van der Waals surface area contributed by atoms with E-state index in [2.05, 4.69) is 0 Å². The molecule has 74 valence electrons. The number of carbonyl (C=O) groups is 2. The number of carbonyl (C=O) groups excluding carboxylic acids is 1. The van der Waals surface area contributed by atoms with Gasteiger partial charge in [-0.15, -0.1) is 0 Å². The van der Waals surface area contributed by atoms with Crippen LogP contribution in [-0.2, 0) is 0 Å². The predicted octanol–water partition coefficient (Wildman–Crippen LogP) is -1.94. The second-order valence-electron chi connectivity index (χ2n) is 2.38. The summed E-state index contributed by atoms with van der Waals surface area (Å²) in [7, 11) is 0. The number of hydrogen-bond donors (Lipinski definition) is 1. The molecule has 0 radical (unpaired) electrons. The van der Waals surface area contributed by atoms with Crippen molar-refractivity contribution < 1.29 is 49.4 Å². The van der Waals surface area contributed by atoms with Crippen LogP contribution in [0.4, 0.5) is 0 Å². The van der Waals surface area contributed by atoms with Gasteiger partial charge in [-0.05, 0) is 6.07 Å². The largest absolute Gasteiger partial charge is 1.00 e. The molecule has 0 aliphatic carbocycles. The quantitative estimate of drug-likeness (QED) is 0.625. The van der Waals surface area contributed by atoms with E-state index in [0.717, 1.165) is 6.07 Å². The summed E-state index contributed by atoms with van der Waals surface area (Å²) in [5.74, 6) is -3.07. The summed E-state index contributed by atoms with van der Waals surface area (Å²) in [6.07, 6.45) is 0. The molecule has 0 aliphatic heterocycles. The van der Waals surface area contributed by atoms with Crippen molar-refractivity contribution in [2.75, 3.05) is 0 Å². The van der Waals surface area contributed by atoms with E-state index in [0.29, 0.717) is 0 Å². The van der Waals surface area contributed by atoms with Gasteiger partial charge in [0.25, 0.3) is 0 Å². The zero-order valence-corrected chi connectivity index (χ0v) is 11.1. The topological polar surface area (TPSA) is 77.4 Å². The summed E-state index contributed by atoms with van der Waals surface area (Å²) < 4.78 is 0. The summed E-state index contributed by atoms with van der Waals surface area (Å²) >= 11 is 11.1. The molecule has 0 atom stereocenters. The second-order valence-corrected chi connectivity index (χ2v) is 3.16. The normalized spacial score (nSPS) is 9.20. The van der Waals surface area contributed by atoms with E-state index in [1.807, 2.05) is 0 Å². The van der Waals surface area contributed by atoms with Crippen LogP contribution in [0.25, 0.3) is 0 Å². The van der Waals surface area contributed by atoms with E-state index >= 15 is 0 Å². The van der Waals surface area contributed by atoms with Crippen molar-refractivity contribution >= 4 is 35.1 Å². The first-order chi connectivity index (χ1) is 6.45. The predicted molar refractivity (Wildman–Crippen MR) is 47.8 cm³/mol. The molecular weight excluding hydrogens is 254 g/mol. The molecule has 7 heteroatoms. The molecule has 0 aliphatic rings. The summed E-state index contributed by atoms with van der Waals surface area (Å²) in [6.45, 7) is 0. The fourth-order valence-electron chi connectivity index (χ4n) is 0.930. The molecule has 15 heavy (non-hydrogen) atoms. The number of hydrogen-bond acceptors (Lipinski definition) is 3. The van der Waals surface area contributed by atoms with Crippen molar-refractivity contribution in [3.8, 4) is 0 Å². The zero-order chi connectivity index (χ0) is 10.9. The Labute approximate surface area is 117 Å². The molecule has 0 fully saturated rings. The van der Waals surface area contributed by atoms with Gasteiger partial charge < -0.3 is 15.0 Å². The van der Waals surface area contributed by atoms with Crippen molar-refractivity contribution in [2.24, 2.45) is 0 Å². The molecule has 1 rings (SSSR count). The van der Waals surface area contributed by atoms with Crippen molar-refractivity contribution in [1.29, 1.82) is 0 Å². The molecule has 0 bridgehead atoms. The van der Waals surface area contributed by atoms with Gasteiger partial charge in [0.15, 0.2) is 0 Å². The molecule has 1 N–H and O–H groups in total. The molecular formula is C8H3Cl2NaO4. The van der Waals surface area contributed by atoms with Crippen LogP contribution in [0.1, 0.15) is 20.7 Å². The molecule has 0 amide bonds. The van der Waals surface area contributed by atoms with Gasteiger partial charge in [0, 0.05) is 5.56 Å². The summed E-state index contributed by atoms with van der Waals surface area (Å²) in [5, 5.41) is 18.9. The molecule has 0 unspecified atom stereocenters. The number of benzene rings is 1. The van der Waals surface area contributed by atoms with Crippen LogP contribution in [-0.4, -0.2) is 17.0 Å². The van der Waals surface area contributed by atoms with Crippen LogP contribution in [0.15, 0.2) is 12.1 Å². The van der Waals surface area contributed by atoms with Crippen LogP contribution < -0.4 is 34.7 Å². The van der Waals surface area contributed by atoms with Gasteiger partial charge in [-0.2, -0.15) is 0 Å². The Balaban J connectivity index is 0.00000196. The summed E-state index contributed by atoms with van der Waals surface area (Å²) in [6, 6.07) is 2.23. The maximum Gasteiger partial charge on any atom is 1.00 e. The Morgan fingerprint density at radius 3 is 2.20 bits per heavy atom. The van der Waals surface area contributed by atoms with E-state index in [9.17, 15) is 14.7 Å². The van der Waals surface area contributed by atoms with E-state index in [-0.39, 0.29) is 39.6 Å². The van der Waals surface area contributed by atoms with Crippen LogP contribution in [0, 0.1) is 0 Å². The number of carboxylic acids is 2. The summed E-state index contributed by atoms with van der Waals surface area (Å²) in [4.78, 5) is 21.2. The number of halogens is 2. The molecule has 0 spiro atoms. The molecule has 1 aromatic carbocycles. The minimum atomic E-state index is -1.61. The van der Waals surface area contributed by atoms with E-state index in [1.165, 1.54) is 6.07 Å². The third-order valence-corrected chi connectivity index (χ3v) is 2.33. The third-order valence-electron chi connectivity index (χ3n) is 1.53. The van der Waals surface area contributed by atoms with E-state index < -0.39 is 23.1 Å². The second kappa shape index (κ2) is 5.72. The maximum atomic E-state index is 10.7. The summed E-state index contributed by atoms with van der Waals surface area (Å²) in [5.41, 5.74) is -1.05. The number of aromatic carboxylic acids is 2.